The van der Waals surface area contributed by atoms with Gasteiger partial charge in [0.15, 0.2) is 0 Å². The van der Waals surface area contributed by atoms with Gasteiger partial charge in [-0.1, -0.05) is 99.4 Å². The molecular formula is C86H81B18Cl2N13O22. The molecule has 9 N–H and O–H groups in total. The number of nitro benzene ring substituents is 3. The molecule has 0 spiro atoms. The second-order valence-corrected chi connectivity index (χ2v) is 28.1. The van der Waals surface area contributed by atoms with Crippen molar-refractivity contribution in [2.45, 2.75) is 35.1 Å². The lowest BCUT2D eigenvalue weighted by molar-refractivity contribution is -0.384. The van der Waals surface area contributed by atoms with E-state index in [4.69, 9.17) is 117 Å². The zero-order valence-corrected chi connectivity index (χ0v) is 76.8. The highest BCUT2D eigenvalue weighted by Crippen LogP contribution is 2.31. The Morgan fingerprint density at radius 1 is 0.404 bits per heavy atom. The summed E-state index contributed by atoms with van der Waals surface area (Å²) in [5.41, 5.74) is 49.8. The van der Waals surface area contributed by atoms with Gasteiger partial charge in [-0.05, 0) is 173 Å². The fraction of sp³-hybridized carbons (Fsp3) is 0.186. The molecule has 0 aliphatic carbocycles. The van der Waals surface area contributed by atoms with Crippen LogP contribution in [-0.4, -0.2) is 284 Å². The van der Waals surface area contributed by atoms with E-state index in [1.807, 2.05) is 17.0 Å². The lowest BCUT2D eigenvalue weighted by Crippen LogP contribution is -2.78. The zero-order chi connectivity index (χ0) is 104. The average molecular weight is 1910 g/mol. The zero-order valence-electron chi connectivity index (χ0n) is 75.3. The first-order valence-corrected chi connectivity index (χ1v) is 40.2. The number of imidazole rings is 3. The number of H-pyrrole nitrogens is 3. The number of methoxy groups -OCH3 is 4. The number of rotatable bonds is 19. The van der Waals surface area contributed by atoms with Crippen molar-refractivity contribution >= 4 is 261 Å². The van der Waals surface area contributed by atoms with Crippen molar-refractivity contribution in [1.29, 1.82) is 0 Å². The highest BCUT2D eigenvalue weighted by atomic mass is 35.5. The van der Waals surface area contributed by atoms with E-state index in [2.05, 4.69) is 149 Å². The molecule has 3 aromatic heterocycles. The molecule has 1 amide bonds. The third-order valence-electron chi connectivity index (χ3n) is 18.7. The summed E-state index contributed by atoms with van der Waals surface area (Å²) in [6.07, 6.45) is -3.91. The number of carboxylic acid groups (broad SMARTS) is 2. The number of amides is 1. The summed E-state index contributed by atoms with van der Waals surface area (Å²) in [6.45, 7) is 8.21. The Hall–Kier alpha value is -15.8. The molecule has 10 aromatic rings. The number of ether oxygens (including phenoxy) is 4. The topological polar surface area (TPSA) is 493 Å². The molecule has 4 heterocycles. The quantitative estimate of drug-likeness (QED) is 0.00756. The highest BCUT2D eigenvalue weighted by molar-refractivity contribution is 8.17. The summed E-state index contributed by atoms with van der Waals surface area (Å²) in [6, 6.07) is 32.1. The number of nitrogens with one attached hydrogen (secondary N) is 5. The van der Waals surface area contributed by atoms with Gasteiger partial charge in [-0.15, -0.1) is 0 Å². The number of hydrogen-bond acceptors (Lipinski definition) is 23. The van der Waals surface area contributed by atoms with Crippen LogP contribution in [0.25, 0.3) is 33.1 Å². The van der Waals surface area contributed by atoms with Gasteiger partial charge in [-0.25, -0.2) is 43.2 Å². The van der Waals surface area contributed by atoms with Gasteiger partial charge in [0.05, 0.1) is 127 Å². The Balaban J connectivity index is 0.00000156. The number of esters is 4. The first-order valence-electron chi connectivity index (χ1n) is 39.5. The van der Waals surface area contributed by atoms with Crippen LogP contribution < -0.4 is 33.4 Å². The minimum Gasteiger partial charge on any atom is -0.478 e. The summed E-state index contributed by atoms with van der Waals surface area (Å²) in [4.78, 5) is 152. The van der Waals surface area contributed by atoms with Crippen LogP contribution in [0.4, 0.5) is 34.1 Å². The van der Waals surface area contributed by atoms with Crippen molar-refractivity contribution in [1.82, 2.24) is 33.6 Å². The van der Waals surface area contributed by atoms with Crippen LogP contribution >= 0.6 is 23.2 Å². The Labute approximate surface area is 837 Å². The Kier molecular flexibility index (Phi) is 56.5. The number of halogens is 2. The van der Waals surface area contributed by atoms with E-state index < -0.39 is 107 Å². The number of aromatic nitrogens is 6. The van der Waals surface area contributed by atoms with Crippen LogP contribution in [0.3, 0.4) is 0 Å². The van der Waals surface area contributed by atoms with Crippen LogP contribution in [0.15, 0.2) is 247 Å². The fourth-order valence-electron chi connectivity index (χ4n) is 12.5. The number of aryl methyl sites for hydroxylation is 3. The Morgan fingerprint density at radius 3 is 0.993 bits per heavy atom. The Morgan fingerprint density at radius 2 is 0.667 bits per heavy atom. The molecule has 11 rings (SSSR count). The van der Waals surface area contributed by atoms with Crippen molar-refractivity contribution in [2.24, 2.45) is 21.1 Å². The molecule has 690 valence electrons. The number of carbonyl (C=O) groups excluding carboxylic acids is 5. The first-order chi connectivity index (χ1) is 65.4. The van der Waals surface area contributed by atoms with Gasteiger partial charge in [0.2, 0.25) is 0 Å². The van der Waals surface area contributed by atoms with Gasteiger partial charge >= 0.3 is 52.9 Å². The van der Waals surface area contributed by atoms with E-state index in [1.54, 1.807) is 75.7 Å². The fourth-order valence-corrected chi connectivity index (χ4v) is 13.1. The average Bonchev–Trinajstić information content (AvgIpc) is 1.65. The number of aromatic amines is 3. The Bertz CT molecular complexity index is 6920. The molecule has 0 atom stereocenters. The molecule has 0 unspecified atom stereocenters. The summed E-state index contributed by atoms with van der Waals surface area (Å²) in [5.74, 6) is -4.44. The third-order valence-corrected chi connectivity index (χ3v) is 19.5. The van der Waals surface area contributed by atoms with Crippen LogP contribution in [0.1, 0.15) is 108 Å². The number of nitro groups is 3. The molecular weight excluding hydrogens is 1830 g/mol. The number of hydrogen-bond donors (Lipinski definition) is 8. The monoisotopic (exact) mass is 1920 g/mol. The molecule has 1 aliphatic rings. The number of nitrogen functional groups attached to an aromatic ring is 1. The van der Waals surface area contributed by atoms with E-state index in [0.717, 1.165) is 32.0 Å². The number of carbonyl (C=O) groups is 7. The molecule has 7 aromatic carbocycles. The normalized spacial score (nSPS) is 9.51. The van der Waals surface area contributed by atoms with E-state index in [-0.39, 0.29) is 94.6 Å². The van der Waals surface area contributed by atoms with Crippen LogP contribution in [0, 0.1) is 30.3 Å². The van der Waals surface area contributed by atoms with E-state index in [9.17, 15) is 78.3 Å². The van der Waals surface area contributed by atoms with Crippen molar-refractivity contribution in [2.75, 3.05) is 72.0 Å². The number of para-hydroxylation sites is 5. The van der Waals surface area contributed by atoms with Crippen molar-refractivity contribution < 1.29 is 77.5 Å². The maximum atomic E-state index is 12.4. The number of nitrogens with zero attached hydrogens (tertiary/aromatic N) is 7. The standard InChI is InChI=1S/C18H4.C13H15N3O2.C10H10N2O3.C9H10N2O4.C9H8N2O3.C9H12N2O2.C8H6ClNO4.C7H4ClNO4.3CH4.B18/c1-3-5-7-9-11-13-15-17-18-16-14-12-10-8-6-4-2;1-15-11-9(12(17)16-7-2-3-8-16)5-4-6-10(11)14-13(15)18;1-12-8-6(9(13)15-2)4-3-5-7(8)11-10(12)14;1-10-8-6(9(12)15-2)4-3-5-7(8)11(13)14;1-11-7-5(8(12)13)3-2-4-6(7)10-9(11)14;1-11-8-6(9(12)13-2)4-3-5-7(8)10;1-14-8(11)5-3-2-4-6(7(5)9)10(12)13;8-6-4(7(10)11)2-1-3-5(6)9(12)13;;;;1-11(2)16(12(3)4)18(15(9)10)17(13(5)6)14(7)8/h1-2H2;4-6H,2-3,7-8H2,1H3,(H,14,18);3-5H,1-2H3,(H,11,14);3-5,10H,1-2H3;2-4H,1H3,(H,10,14)(H,12,13);3-5,11H,10H2,1-2H3;2-4H,1H3;1-3H,(H,10,11);3*1H4;. The smallest absolute Gasteiger partial charge is 0.340 e. The molecule has 141 heavy (non-hydrogen) atoms. The van der Waals surface area contributed by atoms with E-state index >= 15 is 0 Å². The minimum atomic E-state index is -1.28. The number of carboxylic acids is 2. The summed E-state index contributed by atoms with van der Waals surface area (Å²) < 4.78 is 22.3. The van der Waals surface area contributed by atoms with E-state index in [0.29, 0.717) is 61.2 Å². The van der Waals surface area contributed by atoms with Crippen LogP contribution in [0.2, 0.25) is 10.0 Å². The lowest BCUT2D eigenvalue weighted by Gasteiger charge is -2.40. The largest absolute Gasteiger partial charge is 0.478 e. The van der Waals surface area contributed by atoms with Crippen molar-refractivity contribution in [3.05, 3.63) is 343 Å². The SMILES string of the molecule is C.C.C.C=C=C=C=C=C=C=C=C=C=C=C=C=C=C=C=C=C.CNc1c(C(=O)OC)cccc1[N+](=O)[O-].CNc1c(N)cccc1C(=O)OC.COC(=O)c1cccc([N+](=O)[O-])c1Cl.COC(=O)c1cccc2[nH]c(=O)n(C)c12.Cn1c(=O)[nH]c2cccc(C(=O)N3CCCC3)c21.Cn1c(=O)[nH]c2cccc(C(=O)O)c21.O=C(O)c1cccc([N+](=O)[O-])c1Cl.[B]B([B])B(B([B])[B])B(B([B])[B])B(B([B])[B])B([B])[B]. The summed E-state index contributed by atoms with van der Waals surface area (Å²) in [5, 5.41) is 53.8. The van der Waals surface area contributed by atoms with Crippen molar-refractivity contribution in [3.8, 4) is 0 Å². The molecule has 35 nitrogen and oxygen atoms in total. The van der Waals surface area contributed by atoms with Gasteiger partial charge < -0.3 is 65.4 Å². The number of nitrogens with two attached hydrogens (primary N) is 1. The summed E-state index contributed by atoms with van der Waals surface area (Å²) in [7, 11) is 69.8. The van der Waals surface area contributed by atoms with E-state index in [1.165, 1.54) is 111 Å². The minimum absolute atomic E-state index is 0. The third kappa shape index (κ3) is 36.9. The lowest BCUT2D eigenvalue weighted by atomic mass is 8.41. The van der Waals surface area contributed by atoms with Gasteiger partial charge in [0.25, 0.3) is 23.0 Å². The van der Waals surface area contributed by atoms with Crippen molar-refractivity contribution in [3.63, 3.8) is 0 Å². The number of fused-ring (bicyclic) bond motifs is 3. The maximum absolute atomic E-state index is 12.4. The molecule has 0 saturated carbocycles. The van der Waals surface area contributed by atoms with Gasteiger partial charge in [0.1, 0.15) is 15.7 Å². The van der Waals surface area contributed by atoms with Gasteiger partial charge in [-0.2, -0.15) is 0 Å². The number of benzene rings is 7. The molecule has 1 saturated heterocycles. The maximum Gasteiger partial charge on any atom is 0.340 e. The van der Waals surface area contributed by atoms with Gasteiger partial charge in [-0.3, -0.25) is 48.8 Å². The number of likely N-dealkylation sites (tertiary alicyclic amines) is 1. The number of anilines is 3. The van der Waals surface area contributed by atoms with Gasteiger partial charge in [0, 0.05) is 195 Å². The van der Waals surface area contributed by atoms with Crippen LogP contribution in [-0.2, 0) is 40.1 Å². The van der Waals surface area contributed by atoms with Crippen LogP contribution in [0.5, 0.6) is 0 Å². The second kappa shape index (κ2) is 63.6. The first kappa shape index (κ1) is 125. The molecule has 0 bridgehead atoms. The number of aromatic carboxylic acids is 2. The molecule has 55 heteroatoms. The predicted molar refractivity (Wildman–Crippen MR) is 566 cm³/mol. The second-order valence-electron chi connectivity index (χ2n) is 27.4. The molecule has 1 fully saturated rings. The molecule has 20 radical (unpaired) electrons. The predicted octanol–water partition coefficient (Wildman–Crippen LogP) is 7.16. The highest BCUT2D eigenvalue weighted by Gasteiger charge is 2.42. The summed E-state index contributed by atoms with van der Waals surface area (Å²) >= 11 is 11.1. The molecule has 1 aliphatic heterocycles.